The molecule has 6 nitrogen and oxygen atoms in total. The molecule has 2 aliphatic heterocycles. The molecule has 1 fully saturated rings. The van der Waals surface area contributed by atoms with Gasteiger partial charge in [0.05, 0.1) is 23.2 Å². The maximum Gasteiger partial charge on any atom is 0.265 e. The highest BCUT2D eigenvalue weighted by atomic mass is 16.2. The quantitative estimate of drug-likeness (QED) is 0.459. The third kappa shape index (κ3) is 3.10. The first kappa shape index (κ1) is 22.4. The summed E-state index contributed by atoms with van der Waals surface area (Å²) >= 11 is 0. The van der Waals surface area contributed by atoms with Crippen molar-refractivity contribution in [2.45, 2.75) is 44.4 Å². The number of amides is 4. The molecule has 36 heavy (non-hydrogen) atoms. The number of rotatable bonds is 3. The fourth-order valence-corrected chi connectivity index (χ4v) is 6.32. The smallest absolute Gasteiger partial charge is 0.265 e. The number of imide groups is 2. The molecule has 0 aromatic heterocycles. The summed E-state index contributed by atoms with van der Waals surface area (Å²) in [7, 11) is 0. The highest BCUT2D eigenvalue weighted by Gasteiger charge is 2.45. The lowest BCUT2D eigenvalue weighted by molar-refractivity contribution is -0.128. The first-order valence-corrected chi connectivity index (χ1v) is 12.5. The van der Waals surface area contributed by atoms with Crippen LogP contribution in [0.3, 0.4) is 0 Å². The molecule has 2 unspecified atom stereocenters. The predicted octanol–water partition coefficient (Wildman–Crippen LogP) is 5.01. The number of fused-ring (bicyclic) bond motifs is 1. The molecule has 0 spiro atoms. The van der Waals surface area contributed by atoms with Crippen molar-refractivity contribution in [1.82, 2.24) is 0 Å². The molecule has 2 aromatic carbocycles. The molecule has 2 atom stereocenters. The van der Waals surface area contributed by atoms with Gasteiger partial charge in [-0.2, -0.15) is 0 Å². The summed E-state index contributed by atoms with van der Waals surface area (Å²) in [5.41, 5.74) is 5.06. The molecule has 4 amide bonds. The second kappa shape index (κ2) is 8.26. The zero-order valence-electron chi connectivity index (χ0n) is 20.0. The average Bonchev–Trinajstić information content (AvgIpc) is 2.90. The van der Waals surface area contributed by atoms with Crippen LogP contribution in [-0.4, -0.2) is 23.6 Å². The lowest BCUT2D eigenvalue weighted by Crippen LogP contribution is -2.49. The maximum absolute atomic E-state index is 13.6. The molecular weight excluding hydrogens is 452 g/mol. The first-order chi connectivity index (χ1) is 17.4. The zero-order valence-corrected chi connectivity index (χ0v) is 20.0. The second-order valence-corrected chi connectivity index (χ2v) is 9.87. The number of hydrogen-bond donors (Lipinski definition) is 0. The van der Waals surface area contributed by atoms with Gasteiger partial charge in [-0.25, -0.2) is 9.80 Å². The number of carbonyl (C=O) groups excluding carboxylic acids is 4. The van der Waals surface area contributed by atoms with E-state index in [-0.39, 0.29) is 23.6 Å². The van der Waals surface area contributed by atoms with Crippen LogP contribution >= 0.6 is 0 Å². The first-order valence-electron chi connectivity index (χ1n) is 12.5. The van der Waals surface area contributed by atoms with Crippen LogP contribution in [0.4, 0.5) is 11.4 Å². The van der Waals surface area contributed by atoms with Gasteiger partial charge in [-0.05, 0) is 85.1 Å². The van der Waals surface area contributed by atoms with Crippen molar-refractivity contribution >= 4 is 35.0 Å². The van der Waals surface area contributed by atoms with Crippen LogP contribution in [0.1, 0.15) is 59.5 Å². The van der Waals surface area contributed by atoms with Gasteiger partial charge in [0.1, 0.15) is 0 Å². The average molecular weight is 479 g/mol. The van der Waals surface area contributed by atoms with Crippen molar-refractivity contribution in [3.05, 3.63) is 95.1 Å². The Morgan fingerprint density at radius 1 is 0.806 bits per heavy atom. The number of piperidine rings is 1. The van der Waals surface area contributed by atoms with E-state index in [1.165, 1.54) is 4.90 Å². The van der Waals surface area contributed by atoms with Crippen molar-refractivity contribution in [3.8, 4) is 0 Å². The van der Waals surface area contributed by atoms with E-state index in [1.54, 1.807) is 36.4 Å². The second-order valence-electron chi connectivity index (χ2n) is 9.87. The molecule has 4 aliphatic rings. The van der Waals surface area contributed by atoms with Crippen LogP contribution < -0.4 is 9.80 Å². The van der Waals surface area contributed by atoms with E-state index in [9.17, 15) is 19.2 Å². The summed E-state index contributed by atoms with van der Waals surface area (Å²) in [6, 6.07) is 12.2. The van der Waals surface area contributed by atoms with Crippen LogP contribution in [0.5, 0.6) is 0 Å². The van der Waals surface area contributed by atoms with Crippen LogP contribution in [0.15, 0.2) is 78.4 Å². The summed E-state index contributed by atoms with van der Waals surface area (Å²) in [5.74, 6) is -2.24. The number of nitrogens with zero attached hydrogens (tertiary/aromatic N) is 2. The molecule has 1 saturated heterocycles. The van der Waals surface area contributed by atoms with E-state index in [1.807, 2.05) is 12.1 Å². The molecular formula is C30H26N2O4. The van der Waals surface area contributed by atoms with Crippen molar-refractivity contribution in [3.63, 3.8) is 0 Å². The van der Waals surface area contributed by atoms with Crippen LogP contribution in [0.2, 0.25) is 0 Å². The molecule has 180 valence electrons. The van der Waals surface area contributed by atoms with Gasteiger partial charge in [0.15, 0.2) is 0 Å². The molecule has 6 rings (SSSR count). The number of anilines is 2. The van der Waals surface area contributed by atoms with Crippen LogP contribution in [0.25, 0.3) is 0 Å². The summed E-state index contributed by atoms with van der Waals surface area (Å²) in [5, 5.41) is 0. The van der Waals surface area contributed by atoms with Crippen molar-refractivity contribution < 1.29 is 19.2 Å². The number of carbonyl (C=O) groups is 4. The van der Waals surface area contributed by atoms with E-state index in [0.717, 1.165) is 47.3 Å². The number of benzene rings is 2. The largest absolute Gasteiger partial charge is 0.273 e. The van der Waals surface area contributed by atoms with Crippen molar-refractivity contribution in [2.24, 2.45) is 5.92 Å². The number of aryl methyl sites for hydroxylation is 1. The lowest BCUT2D eigenvalue weighted by Gasteiger charge is -2.38. The Morgan fingerprint density at radius 3 is 2.19 bits per heavy atom. The molecule has 2 aromatic rings. The normalized spacial score (nSPS) is 23.6. The standard InChI is InChI=1S/C30H26N2O4/c1-3-18-8-4-13-22-25(18)17(2)27(33)31(28(22)34)20-11-7-12-21(16-20)32-29(35)23-14-5-9-19-10-6-15-24(26(19)23)30(32)36/h3,5,7,9,11-12,14,16,22,24H,1-2,4,6,8,10,13,15H2. The Kier molecular flexibility index (Phi) is 5.14. The number of hydrogen-bond acceptors (Lipinski definition) is 4. The summed E-state index contributed by atoms with van der Waals surface area (Å²) in [4.78, 5) is 56.4. The molecule has 0 radical (unpaired) electrons. The van der Waals surface area contributed by atoms with E-state index in [0.29, 0.717) is 40.9 Å². The van der Waals surface area contributed by atoms with Crippen molar-refractivity contribution in [1.29, 1.82) is 0 Å². The lowest BCUT2D eigenvalue weighted by atomic mass is 9.75. The Bertz CT molecular complexity index is 1430. The fraction of sp³-hybridized carbons (Fsp3) is 0.267. The third-order valence-electron chi connectivity index (χ3n) is 7.97. The Hall–Kier alpha value is -4.06. The summed E-state index contributed by atoms with van der Waals surface area (Å²) < 4.78 is 0. The predicted molar refractivity (Wildman–Crippen MR) is 137 cm³/mol. The van der Waals surface area contributed by atoms with Crippen LogP contribution in [-0.2, 0) is 20.8 Å². The van der Waals surface area contributed by atoms with Crippen molar-refractivity contribution in [2.75, 3.05) is 9.80 Å². The van der Waals surface area contributed by atoms with E-state index < -0.39 is 11.8 Å². The topological polar surface area (TPSA) is 74.8 Å². The van der Waals surface area contributed by atoms with Gasteiger partial charge in [0.25, 0.3) is 11.8 Å². The van der Waals surface area contributed by atoms with E-state index in [2.05, 4.69) is 13.2 Å². The minimum Gasteiger partial charge on any atom is -0.273 e. The maximum atomic E-state index is 13.6. The summed E-state index contributed by atoms with van der Waals surface area (Å²) in [6.07, 6.45) is 6.40. The Labute approximate surface area is 209 Å². The minimum absolute atomic E-state index is 0.259. The molecule has 2 aliphatic carbocycles. The zero-order chi connectivity index (χ0) is 25.1. The molecule has 0 N–H and O–H groups in total. The highest BCUT2D eigenvalue weighted by Crippen LogP contribution is 2.43. The van der Waals surface area contributed by atoms with E-state index in [4.69, 9.17) is 0 Å². The Morgan fingerprint density at radius 2 is 1.44 bits per heavy atom. The van der Waals surface area contributed by atoms with Gasteiger partial charge in [0, 0.05) is 11.1 Å². The van der Waals surface area contributed by atoms with Crippen LogP contribution in [0, 0.1) is 5.92 Å². The fourth-order valence-electron chi connectivity index (χ4n) is 6.32. The van der Waals surface area contributed by atoms with Gasteiger partial charge >= 0.3 is 0 Å². The minimum atomic E-state index is -0.483. The van der Waals surface area contributed by atoms with Gasteiger partial charge in [-0.3, -0.25) is 19.2 Å². The number of allylic oxidation sites excluding steroid dienone is 2. The molecule has 6 heteroatoms. The monoisotopic (exact) mass is 478 g/mol. The van der Waals surface area contributed by atoms with Gasteiger partial charge in [-0.1, -0.05) is 37.4 Å². The molecule has 0 saturated carbocycles. The molecule has 0 bridgehead atoms. The SMILES string of the molecule is C=CC1=C2C(=C)C(=O)N(c3cccc(N4C(=O)c5cccc6c5C(CCC6)C4=O)c3)C(=O)C2CCC1. The third-order valence-corrected chi connectivity index (χ3v) is 7.97. The Balaban J connectivity index is 1.41. The van der Waals surface area contributed by atoms with Gasteiger partial charge < -0.3 is 0 Å². The van der Waals surface area contributed by atoms with Gasteiger partial charge in [-0.15, -0.1) is 0 Å². The van der Waals surface area contributed by atoms with Gasteiger partial charge in [0.2, 0.25) is 11.8 Å². The summed E-state index contributed by atoms with van der Waals surface area (Å²) in [6.45, 7) is 7.87. The van der Waals surface area contributed by atoms with E-state index >= 15 is 0 Å². The molecule has 2 heterocycles. The highest BCUT2D eigenvalue weighted by molar-refractivity contribution is 6.28.